The fraction of sp³-hybridized carbons (Fsp3) is 0.0500. The number of halogens is 1. The monoisotopic (exact) mass is 365 g/mol. The molecule has 0 unspecified atom stereocenters. The minimum atomic E-state index is -0.412. The lowest BCUT2D eigenvalue weighted by molar-refractivity contribution is 0.0945. The van der Waals surface area contributed by atoms with Crippen LogP contribution in [0, 0.1) is 0 Å². The number of pyridine rings is 1. The maximum Gasteiger partial charge on any atom is 0.274 e. The molecule has 3 aromatic rings. The van der Waals surface area contributed by atoms with Crippen molar-refractivity contribution in [1.82, 2.24) is 10.3 Å². The van der Waals surface area contributed by atoms with E-state index in [1.165, 1.54) is 0 Å². The van der Waals surface area contributed by atoms with Crippen LogP contribution in [-0.2, 0) is 6.54 Å². The molecule has 1 heterocycles. The molecule has 6 heteroatoms. The van der Waals surface area contributed by atoms with E-state index in [1.807, 2.05) is 30.3 Å². The highest BCUT2D eigenvalue weighted by Gasteiger charge is 2.12. The van der Waals surface area contributed by atoms with Crippen LogP contribution in [0.4, 0.5) is 5.69 Å². The van der Waals surface area contributed by atoms with Crippen LogP contribution in [0.2, 0.25) is 5.02 Å². The highest BCUT2D eigenvalue weighted by Crippen LogP contribution is 2.15. The van der Waals surface area contributed by atoms with Crippen LogP contribution in [-0.4, -0.2) is 16.8 Å². The molecule has 2 amide bonds. The molecule has 2 N–H and O–H groups in total. The van der Waals surface area contributed by atoms with Gasteiger partial charge in [-0.05, 0) is 35.9 Å². The summed E-state index contributed by atoms with van der Waals surface area (Å²) < 4.78 is 0. The average Bonchev–Trinajstić information content (AvgIpc) is 2.67. The maximum atomic E-state index is 12.3. The van der Waals surface area contributed by atoms with Gasteiger partial charge in [0.1, 0.15) is 11.4 Å². The number of nitrogens with one attached hydrogen (secondary N) is 2. The number of hydrogen-bond donors (Lipinski definition) is 2. The van der Waals surface area contributed by atoms with Crippen LogP contribution in [0.15, 0.2) is 72.8 Å². The smallest absolute Gasteiger partial charge is 0.274 e. The molecule has 0 saturated heterocycles. The van der Waals surface area contributed by atoms with Gasteiger partial charge in [-0.1, -0.05) is 54.1 Å². The quantitative estimate of drug-likeness (QED) is 0.720. The largest absolute Gasteiger partial charge is 0.347 e. The van der Waals surface area contributed by atoms with Gasteiger partial charge in [-0.25, -0.2) is 4.98 Å². The van der Waals surface area contributed by atoms with Crippen molar-refractivity contribution < 1.29 is 9.59 Å². The van der Waals surface area contributed by atoms with E-state index >= 15 is 0 Å². The topological polar surface area (TPSA) is 71.1 Å². The first-order valence-corrected chi connectivity index (χ1v) is 8.36. The number of anilines is 1. The van der Waals surface area contributed by atoms with Crippen molar-refractivity contribution in [3.63, 3.8) is 0 Å². The highest BCUT2D eigenvalue weighted by molar-refractivity contribution is 6.30. The molecule has 0 bridgehead atoms. The van der Waals surface area contributed by atoms with Crippen molar-refractivity contribution in [2.24, 2.45) is 0 Å². The third kappa shape index (κ3) is 4.68. The van der Waals surface area contributed by atoms with Gasteiger partial charge in [0.2, 0.25) is 0 Å². The van der Waals surface area contributed by atoms with Crippen LogP contribution in [0.1, 0.15) is 26.5 Å². The van der Waals surface area contributed by atoms with Gasteiger partial charge >= 0.3 is 0 Å². The number of nitrogens with zero attached hydrogens (tertiary/aromatic N) is 1. The van der Waals surface area contributed by atoms with Crippen LogP contribution < -0.4 is 10.6 Å². The van der Waals surface area contributed by atoms with Crippen LogP contribution in [0.25, 0.3) is 0 Å². The minimum Gasteiger partial charge on any atom is -0.347 e. The number of rotatable bonds is 5. The second-order valence-corrected chi connectivity index (χ2v) is 5.98. The van der Waals surface area contributed by atoms with Gasteiger partial charge in [-0.15, -0.1) is 0 Å². The van der Waals surface area contributed by atoms with Gasteiger partial charge in [-0.2, -0.15) is 0 Å². The van der Waals surface area contributed by atoms with Crippen molar-refractivity contribution in [2.75, 3.05) is 5.32 Å². The molecular weight excluding hydrogens is 350 g/mol. The van der Waals surface area contributed by atoms with E-state index in [1.54, 1.807) is 42.5 Å². The van der Waals surface area contributed by atoms with Gasteiger partial charge in [0.15, 0.2) is 0 Å². The van der Waals surface area contributed by atoms with Crippen molar-refractivity contribution in [3.8, 4) is 0 Å². The number of aromatic nitrogens is 1. The molecule has 1 aromatic heterocycles. The van der Waals surface area contributed by atoms with Crippen molar-refractivity contribution in [2.45, 2.75) is 6.54 Å². The normalized spacial score (nSPS) is 10.2. The Morgan fingerprint density at radius 2 is 1.54 bits per heavy atom. The lowest BCUT2D eigenvalue weighted by Gasteiger charge is -2.08. The molecule has 0 atom stereocenters. The van der Waals surface area contributed by atoms with Crippen molar-refractivity contribution in [1.29, 1.82) is 0 Å². The van der Waals surface area contributed by atoms with Crippen molar-refractivity contribution >= 4 is 29.1 Å². The van der Waals surface area contributed by atoms with Gasteiger partial charge in [0.25, 0.3) is 11.8 Å². The van der Waals surface area contributed by atoms with Gasteiger partial charge in [0.05, 0.1) is 0 Å². The zero-order valence-corrected chi connectivity index (χ0v) is 14.5. The molecule has 3 rings (SSSR count). The van der Waals surface area contributed by atoms with E-state index in [2.05, 4.69) is 15.6 Å². The number of carbonyl (C=O) groups excluding carboxylic acids is 2. The molecule has 5 nitrogen and oxygen atoms in total. The Balaban J connectivity index is 1.67. The first-order valence-electron chi connectivity index (χ1n) is 7.98. The Morgan fingerprint density at radius 1 is 0.846 bits per heavy atom. The second-order valence-electron chi connectivity index (χ2n) is 5.54. The van der Waals surface area contributed by atoms with E-state index in [9.17, 15) is 9.59 Å². The van der Waals surface area contributed by atoms with Crippen LogP contribution in [0.5, 0.6) is 0 Å². The molecule has 26 heavy (non-hydrogen) atoms. The molecular formula is C20H16ClN3O2. The van der Waals surface area contributed by atoms with Crippen molar-refractivity contribution in [3.05, 3.63) is 94.8 Å². The fourth-order valence-electron chi connectivity index (χ4n) is 2.32. The number of carbonyl (C=O) groups is 2. The molecule has 0 aliphatic rings. The summed E-state index contributed by atoms with van der Waals surface area (Å²) in [5, 5.41) is 6.01. The Bertz CT molecular complexity index is 929. The standard InChI is InChI=1S/C20H16ClN3O2/c21-15-8-4-9-16(12-15)23-20(26)18-11-5-10-17(24-18)19(25)22-13-14-6-2-1-3-7-14/h1-12H,13H2,(H,22,25)(H,23,26). The van der Waals surface area contributed by atoms with E-state index in [4.69, 9.17) is 11.6 Å². The fourth-order valence-corrected chi connectivity index (χ4v) is 2.51. The van der Waals surface area contributed by atoms with Gasteiger partial charge < -0.3 is 10.6 Å². The lowest BCUT2D eigenvalue weighted by atomic mass is 10.2. The molecule has 0 radical (unpaired) electrons. The predicted molar refractivity (Wildman–Crippen MR) is 101 cm³/mol. The van der Waals surface area contributed by atoms with E-state index in [0.29, 0.717) is 17.3 Å². The summed E-state index contributed by atoms with van der Waals surface area (Å²) in [6.07, 6.45) is 0. The molecule has 130 valence electrons. The third-order valence-electron chi connectivity index (χ3n) is 3.59. The molecule has 0 fully saturated rings. The highest BCUT2D eigenvalue weighted by atomic mass is 35.5. The summed E-state index contributed by atoms with van der Waals surface area (Å²) in [5.41, 5.74) is 1.87. The number of benzene rings is 2. The minimum absolute atomic E-state index is 0.150. The lowest BCUT2D eigenvalue weighted by Crippen LogP contribution is -2.25. The molecule has 0 aliphatic heterocycles. The summed E-state index contributed by atoms with van der Waals surface area (Å²) in [6, 6.07) is 21.1. The Labute approximate surface area is 156 Å². The summed E-state index contributed by atoms with van der Waals surface area (Å²) >= 11 is 5.91. The second kappa shape index (κ2) is 8.27. The van der Waals surface area contributed by atoms with Gasteiger partial charge in [0, 0.05) is 17.3 Å². The summed E-state index contributed by atoms with van der Waals surface area (Å²) in [7, 11) is 0. The van der Waals surface area contributed by atoms with Crippen LogP contribution >= 0.6 is 11.6 Å². The zero-order chi connectivity index (χ0) is 18.4. The van der Waals surface area contributed by atoms with Gasteiger partial charge in [-0.3, -0.25) is 9.59 Å². The first kappa shape index (κ1) is 17.6. The van der Waals surface area contributed by atoms with E-state index < -0.39 is 5.91 Å². The SMILES string of the molecule is O=C(NCc1ccccc1)c1cccc(C(=O)Nc2cccc(Cl)c2)n1. The predicted octanol–water partition coefficient (Wildman–Crippen LogP) is 3.92. The van der Waals surface area contributed by atoms with E-state index in [0.717, 1.165) is 5.56 Å². The van der Waals surface area contributed by atoms with Crippen LogP contribution in [0.3, 0.4) is 0 Å². The molecule has 2 aromatic carbocycles. The summed E-state index contributed by atoms with van der Waals surface area (Å²) in [5.74, 6) is -0.753. The molecule has 0 spiro atoms. The summed E-state index contributed by atoms with van der Waals surface area (Å²) in [4.78, 5) is 28.8. The zero-order valence-electron chi connectivity index (χ0n) is 13.8. The molecule has 0 saturated carbocycles. The third-order valence-corrected chi connectivity index (χ3v) is 3.83. The Kier molecular flexibility index (Phi) is 5.61. The number of hydrogen-bond acceptors (Lipinski definition) is 3. The molecule has 0 aliphatic carbocycles. The van der Waals surface area contributed by atoms with E-state index in [-0.39, 0.29) is 17.3 Å². The maximum absolute atomic E-state index is 12.3. The Hall–Kier alpha value is -3.18. The summed E-state index contributed by atoms with van der Waals surface area (Å²) in [6.45, 7) is 0.389. The average molecular weight is 366 g/mol. The number of amides is 2. The Morgan fingerprint density at radius 3 is 2.27 bits per heavy atom. The first-order chi connectivity index (χ1) is 12.6.